The highest BCUT2D eigenvalue weighted by Gasteiger charge is 2.32. The number of rotatable bonds is 4. The van der Waals surface area contributed by atoms with Gasteiger partial charge in [-0.05, 0) is 13.8 Å². The monoisotopic (exact) mass is 264 g/mol. The second-order valence-electron chi connectivity index (χ2n) is 4.18. The van der Waals surface area contributed by atoms with Crippen molar-refractivity contribution in [2.24, 2.45) is 0 Å². The molecule has 1 aromatic heterocycles. The van der Waals surface area contributed by atoms with Gasteiger partial charge in [0.25, 0.3) is 11.8 Å². The van der Waals surface area contributed by atoms with Gasteiger partial charge < -0.3 is 5.11 Å². The number of aromatic nitrogens is 3. The topological polar surface area (TPSA) is 105 Å². The van der Waals surface area contributed by atoms with E-state index in [2.05, 4.69) is 10.3 Å². The molecule has 0 unspecified atom stereocenters. The van der Waals surface area contributed by atoms with Gasteiger partial charge in [-0.25, -0.2) is 9.48 Å². The van der Waals surface area contributed by atoms with E-state index in [1.165, 1.54) is 10.9 Å². The van der Waals surface area contributed by atoms with Crippen LogP contribution in [-0.2, 0) is 16.1 Å². The van der Waals surface area contributed by atoms with Gasteiger partial charge in [-0.1, -0.05) is 5.21 Å². The van der Waals surface area contributed by atoms with Crippen molar-refractivity contribution in [3.63, 3.8) is 0 Å². The lowest BCUT2D eigenvalue weighted by Crippen LogP contribution is -2.34. The van der Waals surface area contributed by atoms with Crippen molar-refractivity contribution in [1.29, 1.82) is 0 Å². The fourth-order valence-corrected chi connectivity index (χ4v) is 1.73. The molecular weight excluding hydrogens is 252 g/mol. The summed E-state index contributed by atoms with van der Waals surface area (Å²) in [6.45, 7) is 3.55. The van der Waals surface area contributed by atoms with Crippen molar-refractivity contribution in [1.82, 2.24) is 19.9 Å². The largest absolute Gasteiger partial charge is 0.476 e. The first kappa shape index (κ1) is 12.9. The van der Waals surface area contributed by atoms with Crippen LogP contribution in [0.25, 0.3) is 0 Å². The minimum Gasteiger partial charge on any atom is -0.476 e. The number of nitrogens with zero attached hydrogens (tertiary/aromatic N) is 4. The summed E-state index contributed by atoms with van der Waals surface area (Å²) in [7, 11) is 0. The van der Waals surface area contributed by atoms with Crippen molar-refractivity contribution < 1.29 is 19.5 Å². The van der Waals surface area contributed by atoms with E-state index >= 15 is 0 Å². The van der Waals surface area contributed by atoms with Crippen LogP contribution >= 0.6 is 0 Å². The van der Waals surface area contributed by atoms with E-state index in [1.807, 2.05) is 0 Å². The number of aromatic carboxylic acids is 1. The Morgan fingerprint density at radius 2 is 1.79 bits per heavy atom. The van der Waals surface area contributed by atoms with Crippen molar-refractivity contribution in [2.45, 2.75) is 20.4 Å². The fraction of sp³-hybridized carbons (Fsp3) is 0.364. The van der Waals surface area contributed by atoms with Crippen LogP contribution in [0.2, 0.25) is 0 Å². The van der Waals surface area contributed by atoms with Gasteiger partial charge in [-0.3, -0.25) is 14.5 Å². The normalized spacial score (nSPS) is 15.6. The maximum atomic E-state index is 11.8. The highest BCUT2D eigenvalue weighted by atomic mass is 16.4. The van der Waals surface area contributed by atoms with Crippen LogP contribution in [0.4, 0.5) is 0 Å². The number of imide groups is 1. The number of carbonyl (C=O) groups excluding carboxylic acids is 2. The molecule has 0 aliphatic carbocycles. The highest BCUT2D eigenvalue weighted by Crippen LogP contribution is 2.19. The first-order chi connectivity index (χ1) is 8.91. The molecule has 8 heteroatoms. The number of hydrogen-bond donors (Lipinski definition) is 1. The fourth-order valence-electron chi connectivity index (χ4n) is 1.73. The van der Waals surface area contributed by atoms with E-state index in [0.29, 0.717) is 11.1 Å². The smallest absolute Gasteiger partial charge is 0.358 e. The van der Waals surface area contributed by atoms with E-state index in [9.17, 15) is 14.4 Å². The van der Waals surface area contributed by atoms with Crippen molar-refractivity contribution in [2.75, 3.05) is 6.54 Å². The van der Waals surface area contributed by atoms with Gasteiger partial charge in [0.1, 0.15) is 0 Å². The number of amides is 2. The number of carboxylic acid groups (broad SMARTS) is 1. The van der Waals surface area contributed by atoms with Crippen molar-refractivity contribution in [3.05, 3.63) is 23.0 Å². The van der Waals surface area contributed by atoms with E-state index in [-0.39, 0.29) is 30.6 Å². The van der Waals surface area contributed by atoms with Crippen LogP contribution in [0, 0.1) is 0 Å². The molecule has 1 aromatic rings. The van der Waals surface area contributed by atoms with Gasteiger partial charge in [0.15, 0.2) is 5.69 Å². The molecule has 0 radical (unpaired) electrons. The highest BCUT2D eigenvalue weighted by molar-refractivity contribution is 6.18. The van der Waals surface area contributed by atoms with Gasteiger partial charge in [0.2, 0.25) is 0 Å². The first-order valence-corrected chi connectivity index (χ1v) is 5.59. The molecule has 100 valence electrons. The maximum Gasteiger partial charge on any atom is 0.358 e. The van der Waals surface area contributed by atoms with Gasteiger partial charge in [0, 0.05) is 17.7 Å². The zero-order chi connectivity index (χ0) is 14.2. The Morgan fingerprint density at radius 1 is 1.21 bits per heavy atom. The molecule has 0 saturated heterocycles. The molecule has 0 bridgehead atoms. The third-order valence-corrected chi connectivity index (χ3v) is 3.00. The Balaban J connectivity index is 2.02. The SMILES string of the molecule is CC1=C(C)C(=O)N(CCn2cc(C(=O)O)nn2)C1=O. The Labute approximate surface area is 108 Å². The average Bonchev–Trinajstić information content (AvgIpc) is 2.91. The van der Waals surface area contributed by atoms with Crippen LogP contribution in [-0.4, -0.2) is 49.3 Å². The van der Waals surface area contributed by atoms with Gasteiger partial charge >= 0.3 is 5.97 Å². The van der Waals surface area contributed by atoms with E-state index in [1.54, 1.807) is 13.8 Å². The number of hydrogen-bond acceptors (Lipinski definition) is 5. The molecule has 1 N–H and O–H groups in total. The lowest BCUT2D eigenvalue weighted by Gasteiger charge is -2.14. The third-order valence-electron chi connectivity index (χ3n) is 3.00. The summed E-state index contributed by atoms with van der Waals surface area (Å²) in [5.41, 5.74) is 0.703. The third kappa shape index (κ3) is 2.24. The maximum absolute atomic E-state index is 11.8. The van der Waals surface area contributed by atoms with E-state index in [0.717, 1.165) is 4.90 Å². The lowest BCUT2D eigenvalue weighted by atomic mass is 10.2. The summed E-state index contributed by atoms with van der Waals surface area (Å²) in [4.78, 5) is 35.3. The quantitative estimate of drug-likeness (QED) is 0.747. The molecule has 1 aliphatic rings. The van der Waals surface area contributed by atoms with Crippen LogP contribution in [0.3, 0.4) is 0 Å². The zero-order valence-corrected chi connectivity index (χ0v) is 10.5. The van der Waals surface area contributed by atoms with Crippen molar-refractivity contribution in [3.8, 4) is 0 Å². The number of carboxylic acids is 1. The Hall–Kier alpha value is -2.51. The molecule has 19 heavy (non-hydrogen) atoms. The Kier molecular flexibility index (Phi) is 3.16. The summed E-state index contributed by atoms with van der Waals surface area (Å²) in [5.74, 6) is -1.81. The second kappa shape index (κ2) is 4.63. The summed E-state index contributed by atoms with van der Waals surface area (Å²) in [6.07, 6.45) is 1.25. The molecule has 1 aliphatic heterocycles. The summed E-state index contributed by atoms with van der Waals surface area (Å²) in [5, 5.41) is 15.7. The van der Waals surface area contributed by atoms with Crippen molar-refractivity contribution >= 4 is 17.8 Å². The predicted molar refractivity (Wildman–Crippen MR) is 62.1 cm³/mol. The molecule has 0 spiro atoms. The minimum absolute atomic E-state index is 0.134. The van der Waals surface area contributed by atoms with E-state index in [4.69, 9.17) is 5.11 Å². The second-order valence-corrected chi connectivity index (χ2v) is 4.18. The molecule has 2 heterocycles. The van der Waals surface area contributed by atoms with E-state index < -0.39 is 5.97 Å². The molecule has 0 atom stereocenters. The van der Waals surface area contributed by atoms with Gasteiger partial charge in [0.05, 0.1) is 12.7 Å². The van der Waals surface area contributed by atoms with Gasteiger partial charge in [-0.15, -0.1) is 5.10 Å². The molecule has 0 saturated carbocycles. The van der Waals surface area contributed by atoms with Crippen LogP contribution < -0.4 is 0 Å². The predicted octanol–water partition coefficient (Wildman–Crippen LogP) is -0.319. The molecule has 0 aromatic carbocycles. The molecule has 0 fully saturated rings. The average molecular weight is 264 g/mol. The summed E-state index contributed by atoms with van der Waals surface area (Å²) >= 11 is 0. The molecular formula is C11H12N4O4. The minimum atomic E-state index is -1.17. The number of carbonyl (C=O) groups is 3. The Bertz CT molecular complexity index is 578. The molecule has 2 amide bonds. The standard InChI is InChI=1S/C11H12N4O4/c1-6-7(2)10(17)15(9(6)16)4-3-14-5-8(11(18)19)12-13-14/h5H,3-4H2,1-2H3,(H,18,19). The molecule has 2 rings (SSSR count). The molecule has 8 nitrogen and oxygen atoms in total. The lowest BCUT2D eigenvalue weighted by molar-refractivity contribution is -0.137. The zero-order valence-electron chi connectivity index (χ0n) is 10.5. The summed E-state index contributed by atoms with van der Waals surface area (Å²) < 4.78 is 1.28. The first-order valence-electron chi connectivity index (χ1n) is 5.59. The Morgan fingerprint density at radius 3 is 2.26 bits per heavy atom. The summed E-state index contributed by atoms with van der Waals surface area (Å²) in [6, 6.07) is 0. The van der Waals surface area contributed by atoms with Crippen LogP contribution in [0.15, 0.2) is 17.3 Å². The van der Waals surface area contributed by atoms with Crippen LogP contribution in [0.1, 0.15) is 24.3 Å². The van der Waals surface area contributed by atoms with Crippen LogP contribution in [0.5, 0.6) is 0 Å². The van der Waals surface area contributed by atoms with Gasteiger partial charge in [-0.2, -0.15) is 0 Å².